The van der Waals surface area contributed by atoms with Crippen LogP contribution in [0.25, 0.3) is 11.0 Å². The van der Waals surface area contributed by atoms with E-state index >= 15 is 0 Å². The Morgan fingerprint density at radius 2 is 2.22 bits per heavy atom. The number of aromatic nitrogens is 2. The minimum Gasteiger partial charge on any atom is -0.380 e. The van der Waals surface area contributed by atoms with Crippen LogP contribution in [0.1, 0.15) is 30.1 Å². The molecule has 3 N–H and O–H groups in total. The molecule has 1 aliphatic rings. The molecule has 96 valence electrons. The molecule has 2 aromatic rings. The third-order valence-corrected chi connectivity index (χ3v) is 3.33. The average molecular weight is 245 g/mol. The molecule has 0 atom stereocenters. The molecule has 0 radical (unpaired) electrons. The number of nitrogens with zero attached hydrogens (tertiary/aromatic N) is 1. The van der Waals surface area contributed by atoms with Crippen LogP contribution in [0, 0.1) is 0 Å². The molecular formula is C14H19N3O. The van der Waals surface area contributed by atoms with E-state index in [4.69, 9.17) is 10.5 Å². The lowest BCUT2D eigenvalue weighted by Gasteiger charge is -2.02. The lowest BCUT2D eigenvalue weighted by atomic mass is 10.1. The first-order valence-corrected chi connectivity index (χ1v) is 6.63. The molecule has 1 saturated carbocycles. The van der Waals surface area contributed by atoms with Gasteiger partial charge in [0.25, 0.3) is 0 Å². The lowest BCUT2D eigenvalue weighted by Crippen LogP contribution is -2.10. The van der Waals surface area contributed by atoms with Gasteiger partial charge in [0.05, 0.1) is 24.2 Å². The highest BCUT2D eigenvalue weighted by Gasteiger charge is 2.26. The van der Waals surface area contributed by atoms with Crippen molar-refractivity contribution in [3.05, 3.63) is 29.6 Å². The molecule has 1 aliphatic carbocycles. The standard InChI is InChI=1S/C14H19N3O/c15-6-8-18-7-5-10-1-4-12-13(9-10)17-14(16-12)11-2-3-11/h1,4,9,11H,2-3,5-8,15H2,(H,16,17). The Morgan fingerprint density at radius 1 is 1.33 bits per heavy atom. The summed E-state index contributed by atoms with van der Waals surface area (Å²) >= 11 is 0. The van der Waals surface area contributed by atoms with Gasteiger partial charge < -0.3 is 15.5 Å². The van der Waals surface area contributed by atoms with Gasteiger partial charge in [-0.1, -0.05) is 6.07 Å². The van der Waals surface area contributed by atoms with E-state index in [1.54, 1.807) is 0 Å². The number of hydrogen-bond donors (Lipinski definition) is 2. The van der Waals surface area contributed by atoms with Crippen LogP contribution in [0.2, 0.25) is 0 Å². The summed E-state index contributed by atoms with van der Waals surface area (Å²) in [4.78, 5) is 8.05. The maximum Gasteiger partial charge on any atom is 0.110 e. The number of benzene rings is 1. The van der Waals surface area contributed by atoms with Crippen LogP contribution >= 0.6 is 0 Å². The van der Waals surface area contributed by atoms with E-state index in [2.05, 4.69) is 28.2 Å². The van der Waals surface area contributed by atoms with Gasteiger partial charge in [0.15, 0.2) is 0 Å². The molecule has 1 aromatic carbocycles. The third kappa shape index (κ3) is 2.54. The zero-order valence-electron chi connectivity index (χ0n) is 10.5. The summed E-state index contributed by atoms with van der Waals surface area (Å²) in [7, 11) is 0. The van der Waals surface area contributed by atoms with E-state index in [0.717, 1.165) is 29.9 Å². The minimum atomic E-state index is 0.588. The van der Waals surface area contributed by atoms with Crippen LogP contribution < -0.4 is 5.73 Å². The molecule has 4 nitrogen and oxygen atoms in total. The molecule has 0 spiro atoms. The molecule has 3 rings (SSSR count). The molecule has 1 heterocycles. The second kappa shape index (κ2) is 5.08. The van der Waals surface area contributed by atoms with Gasteiger partial charge in [-0.3, -0.25) is 0 Å². The van der Waals surface area contributed by atoms with E-state index in [0.29, 0.717) is 19.1 Å². The Hall–Kier alpha value is -1.39. The number of nitrogens with one attached hydrogen (secondary N) is 1. The molecule has 0 amide bonds. The second-order valence-corrected chi connectivity index (χ2v) is 4.90. The van der Waals surface area contributed by atoms with E-state index in [1.807, 2.05) is 0 Å². The van der Waals surface area contributed by atoms with Crippen molar-refractivity contribution in [3.8, 4) is 0 Å². The largest absolute Gasteiger partial charge is 0.380 e. The summed E-state index contributed by atoms with van der Waals surface area (Å²) in [5.41, 5.74) is 8.88. The number of nitrogens with two attached hydrogens (primary N) is 1. The molecule has 0 bridgehead atoms. The molecule has 1 aromatic heterocycles. The summed E-state index contributed by atoms with van der Waals surface area (Å²) in [5.74, 6) is 1.83. The summed E-state index contributed by atoms with van der Waals surface area (Å²) in [6.45, 7) is 1.95. The van der Waals surface area contributed by atoms with Crippen molar-refractivity contribution in [2.75, 3.05) is 19.8 Å². The van der Waals surface area contributed by atoms with Crippen LogP contribution in [0.4, 0.5) is 0 Å². The van der Waals surface area contributed by atoms with Crippen molar-refractivity contribution in [1.29, 1.82) is 0 Å². The number of H-pyrrole nitrogens is 1. The fraction of sp³-hybridized carbons (Fsp3) is 0.500. The first-order valence-electron chi connectivity index (χ1n) is 6.63. The Balaban J connectivity index is 1.69. The van der Waals surface area contributed by atoms with Gasteiger partial charge in [-0.25, -0.2) is 4.98 Å². The molecule has 0 saturated heterocycles. The Labute approximate surface area is 107 Å². The monoisotopic (exact) mass is 245 g/mol. The number of ether oxygens (including phenoxy) is 1. The molecule has 18 heavy (non-hydrogen) atoms. The SMILES string of the molecule is NCCOCCc1ccc2nc(C3CC3)[nH]c2c1. The quantitative estimate of drug-likeness (QED) is 0.765. The fourth-order valence-corrected chi connectivity index (χ4v) is 2.16. The van der Waals surface area contributed by atoms with Gasteiger partial charge in [-0.15, -0.1) is 0 Å². The van der Waals surface area contributed by atoms with Gasteiger partial charge in [-0.05, 0) is 37.0 Å². The molecule has 4 heteroatoms. The number of aromatic amines is 1. The first-order chi connectivity index (χ1) is 8.86. The van der Waals surface area contributed by atoms with Crippen molar-refractivity contribution >= 4 is 11.0 Å². The van der Waals surface area contributed by atoms with E-state index < -0.39 is 0 Å². The summed E-state index contributed by atoms with van der Waals surface area (Å²) in [6.07, 6.45) is 3.48. The Kier molecular flexibility index (Phi) is 3.30. The minimum absolute atomic E-state index is 0.588. The molecule has 1 fully saturated rings. The van der Waals surface area contributed by atoms with E-state index in [9.17, 15) is 0 Å². The van der Waals surface area contributed by atoms with Gasteiger partial charge in [0, 0.05) is 12.5 Å². The van der Waals surface area contributed by atoms with Crippen molar-refractivity contribution in [3.63, 3.8) is 0 Å². The van der Waals surface area contributed by atoms with E-state index in [1.165, 1.54) is 18.4 Å². The van der Waals surface area contributed by atoms with Crippen LogP contribution in [-0.2, 0) is 11.2 Å². The predicted octanol–water partition coefficient (Wildman–Crippen LogP) is 1.96. The summed E-state index contributed by atoms with van der Waals surface area (Å²) in [6, 6.07) is 6.40. The van der Waals surface area contributed by atoms with Crippen molar-refractivity contribution in [2.45, 2.75) is 25.2 Å². The summed E-state index contributed by atoms with van der Waals surface area (Å²) < 4.78 is 5.40. The molecular weight excluding hydrogens is 226 g/mol. The van der Waals surface area contributed by atoms with Crippen LogP contribution in [0.5, 0.6) is 0 Å². The number of fused-ring (bicyclic) bond motifs is 1. The topological polar surface area (TPSA) is 63.9 Å². The summed E-state index contributed by atoms with van der Waals surface area (Å²) in [5, 5.41) is 0. The van der Waals surface area contributed by atoms with Crippen molar-refractivity contribution in [2.24, 2.45) is 5.73 Å². The second-order valence-electron chi connectivity index (χ2n) is 4.90. The van der Waals surface area contributed by atoms with Crippen molar-refractivity contribution in [1.82, 2.24) is 9.97 Å². The first kappa shape index (κ1) is 11.7. The van der Waals surface area contributed by atoms with Crippen LogP contribution in [0.15, 0.2) is 18.2 Å². The van der Waals surface area contributed by atoms with Gasteiger partial charge in [0.1, 0.15) is 5.82 Å². The van der Waals surface area contributed by atoms with Gasteiger partial charge in [0.2, 0.25) is 0 Å². The molecule has 0 aliphatic heterocycles. The van der Waals surface area contributed by atoms with Crippen LogP contribution in [-0.4, -0.2) is 29.7 Å². The van der Waals surface area contributed by atoms with Gasteiger partial charge in [-0.2, -0.15) is 0 Å². The number of imidazole rings is 1. The maximum absolute atomic E-state index is 5.40. The zero-order valence-corrected chi connectivity index (χ0v) is 10.5. The number of hydrogen-bond acceptors (Lipinski definition) is 3. The Bertz CT molecular complexity index is 531. The lowest BCUT2D eigenvalue weighted by molar-refractivity contribution is 0.145. The smallest absolute Gasteiger partial charge is 0.110 e. The highest BCUT2D eigenvalue weighted by molar-refractivity contribution is 5.76. The fourth-order valence-electron chi connectivity index (χ4n) is 2.16. The molecule has 0 unspecified atom stereocenters. The van der Waals surface area contributed by atoms with Gasteiger partial charge >= 0.3 is 0 Å². The maximum atomic E-state index is 5.40. The normalized spacial score (nSPS) is 15.4. The average Bonchev–Trinajstić information content (AvgIpc) is 3.15. The van der Waals surface area contributed by atoms with Crippen molar-refractivity contribution < 1.29 is 4.74 Å². The highest BCUT2D eigenvalue weighted by Crippen LogP contribution is 2.39. The number of rotatable bonds is 6. The zero-order chi connectivity index (χ0) is 12.4. The predicted molar refractivity (Wildman–Crippen MR) is 71.6 cm³/mol. The van der Waals surface area contributed by atoms with E-state index in [-0.39, 0.29) is 0 Å². The Morgan fingerprint density at radius 3 is 3.00 bits per heavy atom. The van der Waals surface area contributed by atoms with Crippen LogP contribution in [0.3, 0.4) is 0 Å². The third-order valence-electron chi connectivity index (χ3n) is 3.33. The highest BCUT2D eigenvalue weighted by atomic mass is 16.5.